The van der Waals surface area contributed by atoms with Gasteiger partial charge in [-0.1, -0.05) is 71.1 Å². The summed E-state index contributed by atoms with van der Waals surface area (Å²) < 4.78 is 0.434. The molecule has 0 amide bonds. The summed E-state index contributed by atoms with van der Waals surface area (Å²) in [6.07, 6.45) is 0. The van der Waals surface area contributed by atoms with Gasteiger partial charge in [0.2, 0.25) is 0 Å². The second-order valence-corrected chi connectivity index (χ2v) is 5.81. The lowest BCUT2D eigenvalue weighted by Crippen LogP contribution is -2.34. The number of carbonyl (C=O) groups excluding carboxylic acids is 1. The van der Waals surface area contributed by atoms with E-state index in [1.54, 1.807) is 43.3 Å². The number of halogens is 1. The fourth-order valence-corrected chi connectivity index (χ4v) is 2.78. The molecule has 0 spiro atoms. The van der Waals surface area contributed by atoms with E-state index in [2.05, 4.69) is 22.6 Å². The number of benzene rings is 2. The van der Waals surface area contributed by atoms with Crippen LogP contribution in [0.3, 0.4) is 0 Å². The summed E-state index contributed by atoms with van der Waals surface area (Å²) in [5.41, 5.74) is 0.761. The van der Waals surface area contributed by atoms with E-state index < -0.39 is 11.4 Å². The average molecular weight is 394 g/mol. The van der Waals surface area contributed by atoms with Crippen LogP contribution in [-0.2, 0) is 10.2 Å². The summed E-state index contributed by atoms with van der Waals surface area (Å²) in [5, 5.41) is 9.44. The lowest BCUT2D eigenvalue weighted by molar-refractivity contribution is -0.142. The first-order valence-electron chi connectivity index (χ1n) is 6.48. The quantitative estimate of drug-likeness (QED) is 0.478. The van der Waals surface area contributed by atoms with E-state index in [1.165, 1.54) is 0 Å². The number of aliphatic carboxylic acids is 1. The van der Waals surface area contributed by atoms with E-state index >= 15 is 0 Å². The summed E-state index contributed by atoms with van der Waals surface area (Å²) >= 11 is 2.06. The summed E-state index contributed by atoms with van der Waals surface area (Å²) in [5.74, 6) is -0.986. The second-order valence-electron chi connectivity index (χ2n) is 5.05. The van der Waals surface area contributed by atoms with Gasteiger partial charge in [0.15, 0.2) is 5.78 Å². The van der Waals surface area contributed by atoms with Crippen LogP contribution in [0.25, 0.3) is 0 Å². The topological polar surface area (TPSA) is 54.4 Å². The molecule has 0 aliphatic heterocycles. The van der Waals surface area contributed by atoms with Crippen LogP contribution < -0.4 is 0 Å². The summed E-state index contributed by atoms with van der Waals surface area (Å²) in [6.45, 7) is 1.67. The zero-order valence-electron chi connectivity index (χ0n) is 11.5. The van der Waals surface area contributed by atoms with Gasteiger partial charge in [-0.3, -0.25) is 9.59 Å². The van der Waals surface area contributed by atoms with Crippen LogP contribution in [0.1, 0.15) is 28.4 Å². The first-order valence-corrected chi connectivity index (χ1v) is 8.01. The molecule has 21 heavy (non-hydrogen) atoms. The highest BCUT2D eigenvalue weighted by Crippen LogP contribution is 2.28. The van der Waals surface area contributed by atoms with Crippen molar-refractivity contribution >= 4 is 34.3 Å². The third-order valence-electron chi connectivity index (χ3n) is 3.54. The largest absolute Gasteiger partial charge is 0.481 e. The van der Waals surface area contributed by atoms with E-state index in [0.29, 0.717) is 21.1 Å². The Morgan fingerprint density at radius 2 is 1.67 bits per heavy atom. The predicted octanol–water partition coefficient (Wildman–Crippen LogP) is 3.69. The zero-order chi connectivity index (χ0) is 15.5. The SMILES string of the molecule is CC(CI)(C(=O)O)c1cccc(C(=O)c2ccccc2)c1. The highest BCUT2D eigenvalue weighted by molar-refractivity contribution is 14.1. The first kappa shape index (κ1) is 15.7. The van der Waals surface area contributed by atoms with Crippen LogP contribution >= 0.6 is 22.6 Å². The van der Waals surface area contributed by atoms with E-state index in [1.807, 2.05) is 18.2 Å². The van der Waals surface area contributed by atoms with Gasteiger partial charge >= 0.3 is 5.97 Å². The van der Waals surface area contributed by atoms with Crippen molar-refractivity contribution in [2.75, 3.05) is 4.43 Å². The standard InChI is InChI=1S/C17H15IO3/c1-17(11-18,16(20)21)14-9-5-8-13(10-14)15(19)12-6-3-2-4-7-12/h2-10H,11H2,1H3,(H,20,21). The van der Waals surface area contributed by atoms with Crippen LogP contribution in [0.5, 0.6) is 0 Å². The van der Waals surface area contributed by atoms with Gasteiger partial charge in [-0.2, -0.15) is 0 Å². The van der Waals surface area contributed by atoms with Crippen LogP contribution in [0.15, 0.2) is 54.6 Å². The van der Waals surface area contributed by atoms with Crippen molar-refractivity contribution in [2.45, 2.75) is 12.3 Å². The third kappa shape index (κ3) is 3.15. The van der Waals surface area contributed by atoms with Crippen molar-refractivity contribution in [1.29, 1.82) is 0 Å². The van der Waals surface area contributed by atoms with Crippen molar-refractivity contribution < 1.29 is 14.7 Å². The van der Waals surface area contributed by atoms with Crippen molar-refractivity contribution in [3.8, 4) is 0 Å². The molecule has 0 saturated heterocycles. The molecular weight excluding hydrogens is 379 g/mol. The molecule has 0 aromatic heterocycles. The van der Waals surface area contributed by atoms with Crippen LogP contribution in [0, 0.1) is 0 Å². The number of carbonyl (C=O) groups is 2. The molecule has 108 valence electrons. The monoisotopic (exact) mass is 394 g/mol. The molecule has 0 bridgehead atoms. The number of rotatable bonds is 5. The smallest absolute Gasteiger partial charge is 0.314 e. The van der Waals surface area contributed by atoms with Gasteiger partial charge in [0.1, 0.15) is 0 Å². The molecule has 1 atom stereocenters. The van der Waals surface area contributed by atoms with Crippen molar-refractivity contribution in [1.82, 2.24) is 0 Å². The Labute approximate surface area is 137 Å². The molecular formula is C17H15IO3. The number of carboxylic acids is 1. The maximum Gasteiger partial charge on any atom is 0.314 e. The molecule has 1 unspecified atom stereocenters. The van der Waals surface area contributed by atoms with Gasteiger partial charge in [-0.25, -0.2) is 0 Å². The molecule has 0 fully saturated rings. The summed E-state index contributed by atoms with van der Waals surface area (Å²) in [4.78, 5) is 23.9. The van der Waals surface area contributed by atoms with E-state index in [4.69, 9.17) is 0 Å². The molecule has 1 N–H and O–H groups in total. The molecule has 0 aliphatic rings. The fraction of sp³-hybridized carbons (Fsp3) is 0.176. The van der Waals surface area contributed by atoms with Crippen LogP contribution in [-0.4, -0.2) is 21.3 Å². The zero-order valence-corrected chi connectivity index (χ0v) is 13.7. The Bertz CT molecular complexity index is 667. The highest BCUT2D eigenvalue weighted by Gasteiger charge is 2.34. The number of hydrogen-bond donors (Lipinski definition) is 1. The van der Waals surface area contributed by atoms with Gasteiger partial charge in [-0.05, 0) is 18.6 Å². The van der Waals surface area contributed by atoms with Gasteiger partial charge in [0.05, 0.1) is 5.41 Å². The average Bonchev–Trinajstić information content (AvgIpc) is 2.54. The Hall–Kier alpha value is -1.69. The number of alkyl halides is 1. The van der Waals surface area contributed by atoms with E-state index in [9.17, 15) is 14.7 Å². The van der Waals surface area contributed by atoms with Gasteiger partial charge in [-0.15, -0.1) is 0 Å². The fourth-order valence-electron chi connectivity index (χ4n) is 2.02. The Balaban J connectivity index is 2.43. The first-order chi connectivity index (χ1) is 9.99. The minimum atomic E-state index is -0.993. The van der Waals surface area contributed by atoms with Crippen molar-refractivity contribution in [3.05, 3.63) is 71.3 Å². The van der Waals surface area contributed by atoms with Crippen molar-refractivity contribution in [3.63, 3.8) is 0 Å². The van der Waals surface area contributed by atoms with Gasteiger partial charge in [0.25, 0.3) is 0 Å². The van der Waals surface area contributed by atoms with Crippen LogP contribution in [0.4, 0.5) is 0 Å². The number of ketones is 1. The number of hydrogen-bond acceptors (Lipinski definition) is 2. The molecule has 0 radical (unpaired) electrons. The van der Waals surface area contributed by atoms with E-state index in [0.717, 1.165) is 0 Å². The van der Waals surface area contributed by atoms with E-state index in [-0.39, 0.29) is 5.78 Å². The normalized spacial score (nSPS) is 13.4. The predicted molar refractivity (Wildman–Crippen MR) is 90.2 cm³/mol. The van der Waals surface area contributed by atoms with Gasteiger partial charge < -0.3 is 5.11 Å². The maximum absolute atomic E-state index is 12.4. The van der Waals surface area contributed by atoms with Crippen molar-refractivity contribution in [2.24, 2.45) is 0 Å². The molecule has 4 heteroatoms. The second kappa shape index (κ2) is 6.39. The molecule has 2 aromatic carbocycles. The Morgan fingerprint density at radius 1 is 1.05 bits per heavy atom. The molecule has 0 aliphatic carbocycles. The molecule has 3 nitrogen and oxygen atoms in total. The lowest BCUT2D eigenvalue weighted by atomic mass is 9.83. The molecule has 2 aromatic rings. The summed E-state index contributed by atoms with van der Waals surface area (Å²) in [6, 6.07) is 15.9. The molecule has 2 rings (SSSR count). The minimum absolute atomic E-state index is 0.0985. The lowest BCUT2D eigenvalue weighted by Gasteiger charge is -2.23. The molecule has 0 heterocycles. The number of carboxylic acid groups (broad SMARTS) is 1. The minimum Gasteiger partial charge on any atom is -0.481 e. The molecule has 0 saturated carbocycles. The highest BCUT2D eigenvalue weighted by atomic mass is 127. The Kier molecular flexibility index (Phi) is 4.77. The third-order valence-corrected chi connectivity index (χ3v) is 5.06. The summed E-state index contributed by atoms with van der Waals surface area (Å²) in [7, 11) is 0. The van der Waals surface area contributed by atoms with Crippen LogP contribution in [0.2, 0.25) is 0 Å². The Morgan fingerprint density at radius 3 is 2.24 bits per heavy atom. The maximum atomic E-state index is 12.4. The van der Waals surface area contributed by atoms with Gasteiger partial charge in [0, 0.05) is 15.6 Å².